The van der Waals surface area contributed by atoms with Crippen LogP contribution in [0.3, 0.4) is 0 Å². The lowest BCUT2D eigenvalue weighted by molar-refractivity contribution is 0.951. The first kappa shape index (κ1) is 9.05. The molecule has 2 aromatic rings. The van der Waals surface area contributed by atoms with E-state index in [0.29, 0.717) is 10.9 Å². The van der Waals surface area contributed by atoms with Crippen LogP contribution < -0.4 is 0 Å². The van der Waals surface area contributed by atoms with Gasteiger partial charge in [0.05, 0.1) is 0 Å². The van der Waals surface area contributed by atoms with Gasteiger partial charge < -0.3 is 0 Å². The van der Waals surface area contributed by atoms with Gasteiger partial charge in [0.1, 0.15) is 18.1 Å². The van der Waals surface area contributed by atoms with E-state index < -0.39 is 0 Å². The van der Waals surface area contributed by atoms with Gasteiger partial charge in [-0.15, -0.1) is 0 Å². The summed E-state index contributed by atoms with van der Waals surface area (Å²) in [4.78, 5) is 12.0. The van der Waals surface area contributed by atoms with Crippen molar-refractivity contribution in [2.75, 3.05) is 0 Å². The summed E-state index contributed by atoms with van der Waals surface area (Å²) in [6, 6.07) is 3.51. The maximum absolute atomic E-state index is 8.61. The first-order chi connectivity index (χ1) is 6.88. The Morgan fingerprint density at radius 2 is 2.36 bits per heavy atom. The Kier molecular flexibility index (Phi) is 2.67. The molecule has 0 amide bonds. The van der Waals surface area contributed by atoms with Gasteiger partial charge in [-0.2, -0.15) is 9.64 Å². The van der Waals surface area contributed by atoms with E-state index in [4.69, 9.17) is 5.26 Å². The van der Waals surface area contributed by atoms with Gasteiger partial charge in [-0.05, 0) is 29.4 Å². The molecule has 2 rings (SSSR count). The predicted molar refractivity (Wildman–Crippen MR) is 50.8 cm³/mol. The zero-order valence-corrected chi connectivity index (χ0v) is 8.42. The average Bonchev–Trinajstić information content (AvgIpc) is 2.71. The summed E-state index contributed by atoms with van der Waals surface area (Å²) in [5, 5.41) is 9.13. The average molecular weight is 221 g/mol. The van der Waals surface area contributed by atoms with Crippen molar-refractivity contribution in [3.8, 4) is 6.07 Å². The van der Waals surface area contributed by atoms with Crippen LogP contribution in [0.1, 0.15) is 5.69 Å². The minimum atomic E-state index is 0.354. The fraction of sp³-hybridized carbons (Fsp3) is 0. The Bertz CT molecular complexity index is 461. The van der Waals surface area contributed by atoms with E-state index in [2.05, 4.69) is 19.3 Å². The minimum Gasteiger partial charge on any atom is -0.231 e. The van der Waals surface area contributed by atoms with Crippen LogP contribution in [0.2, 0.25) is 0 Å². The van der Waals surface area contributed by atoms with Crippen LogP contribution in [0.5, 0.6) is 0 Å². The monoisotopic (exact) mass is 221 g/mol. The molecule has 0 bridgehead atoms. The molecule has 0 saturated heterocycles. The van der Waals surface area contributed by atoms with E-state index in [1.807, 2.05) is 6.07 Å². The molecule has 0 atom stereocenters. The van der Waals surface area contributed by atoms with E-state index in [9.17, 15) is 0 Å². The second-order valence-corrected chi connectivity index (χ2v) is 4.14. The SMILES string of the molecule is N#Cc1ccnc(Sc2ncns2)n1. The first-order valence-electron chi connectivity index (χ1n) is 3.56. The molecular formula is C7H3N5S2. The lowest BCUT2D eigenvalue weighted by Gasteiger charge is -1.93. The van der Waals surface area contributed by atoms with Gasteiger partial charge in [-0.25, -0.2) is 15.0 Å². The zero-order chi connectivity index (χ0) is 9.80. The minimum absolute atomic E-state index is 0.354. The quantitative estimate of drug-likeness (QED) is 0.712. The van der Waals surface area contributed by atoms with Gasteiger partial charge >= 0.3 is 0 Å². The lowest BCUT2D eigenvalue weighted by Crippen LogP contribution is -1.88. The Hall–Kier alpha value is -1.52. The zero-order valence-electron chi connectivity index (χ0n) is 6.78. The standard InChI is InChI=1S/C7H3N5S2/c8-3-5-1-2-9-6(12-5)13-7-10-4-11-14-7/h1-2,4H. The molecule has 68 valence electrons. The third-order valence-corrected chi connectivity index (χ3v) is 2.86. The van der Waals surface area contributed by atoms with E-state index in [1.165, 1.54) is 29.6 Å². The third kappa shape index (κ3) is 2.04. The van der Waals surface area contributed by atoms with Crippen LogP contribution in [0, 0.1) is 11.3 Å². The Labute approximate surface area is 88.0 Å². The summed E-state index contributed by atoms with van der Waals surface area (Å²) in [7, 11) is 0. The van der Waals surface area contributed by atoms with E-state index in [1.54, 1.807) is 12.3 Å². The van der Waals surface area contributed by atoms with Crippen LogP contribution in [0.4, 0.5) is 0 Å². The first-order valence-corrected chi connectivity index (χ1v) is 5.15. The van der Waals surface area contributed by atoms with Gasteiger partial charge in [-0.1, -0.05) is 0 Å². The molecule has 5 nitrogen and oxygen atoms in total. The van der Waals surface area contributed by atoms with Crippen molar-refractivity contribution < 1.29 is 0 Å². The summed E-state index contributed by atoms with van der Waals surface area (Å²) in [6.07, 6.45) is 3.02. The Balaban J connectivity index is 2.22. The number of nitrogens with zero attached hydrogens (tertiary/aromatic N) is 5. The van der Waals surface area contributed by atoms with Crippen LogP contribution in [0.15, 0.2) is 28.1 Å². The largest absolute Gasteiger partial charge is 0.231 e. The molecule has 7 heteroatoms. The van der Waals surface area contributed by atoms with Gasteiger partial charge in [-0.3, -0.25) is 0 Å². The van der Waals surface area contributed by atoms with E-state index >= 15 is 0 Å². The Morgan fingerprint density at radius 3 is 3.07 bits per heavy atom. The molecule has 0 unspecified atom stereocenters. The molecule has 0 fully saturated rings. The molecule has 0 aliphatic rings. The molecule has 2 heterocycles. The van der Waals surface area contributed by atoms with Crippen LogP contribution >= 0.6 is 23.3 Å². The van der Waals surface area contributed by atoms with Crippen molar-refractivity contribution in [3.05, 3.63) is 24.3 Å². The lowest BCUT2D eigenvalue weighted by atomic mass is 10.5. The normalized spacial score (nSPS) is 9.64. The fourth-order valence-corrected chi connectivity index (χ4v) is 2.03. The summed E-state index contributed by atoms with van der Waals surface area (Å²) in [5.41, 5.74) is 0.354. The van der Waals surface area contributed by atoms with Crippen molar-refractivity contribution in [1.29, 1.82) is 5.26 Å². The summed E-state index contributed by atoms with van der Waals surface area (Å²) in [5.74, 6) is 0. The smallest absolute Gasteiger partial charge is 0.195 e. The van der Waals surface area contributed by atoms with Crippen molar-refractivity contribution >= 4 is 23.3 Å². The van der Waals surface area contributed by atoms with Crippen LogP contribution in [-0.4, -0.2) is 19.3 Å². The van der Waals surface area contributed by atoms with Crippen molar-refractivity contribution in [2.24, 2.45) is 0 Å². The number of nitriles is 1. The van der Waals surface area contributed by atoms with Crippen LogP contribution in [-0.2, 0) is 0 Å². The molecule has 0 spiro atoms. The van der Waals surface area contributed by atoms with Gasteiger partial charge in [0, 0.05) is 6.20 Å². The van der Waals surface area contributed by atoms with Gasteiger partial charge in [0.25, 0.3) is 0 Å². The summed E-state index contributed by atoms with van der Waals surface area (Å²) >= 11 is 2.57. The van der Waals surface area contributed by atoms with Crippen LogP contribution in [0.25, 0.3) is 0 Å². The molecule has 14 heavy (non-hydrogen) atoms. The molecule has 0 radical (unpaired) electrons. The summed E-state index contributed by atoms with van der Waals surface area (Å²) in [6.45, 7) is 0. The van der Waals surface area contributed by atoms with Crippen molar-refractivity contribution in [3.63, 3.8) is 0 Å². The van der Waals surface area contributed by atoms with Crippen molar-refractivity contribution in [2.45, 2.75) is 9.50 Å². The van der Waals surface area contributed by atoms with Crippen molar-refractivity contribution in [1.82, 2.24) is 19.3 Å². The van der Waals surface area contributed by atoms with E-state index in [0.717, 1.165) is 4.34 Å². The molecule has 2 aromatic heterocycles. The fourth-order valence-electron chi connectivity index (χ4n) is 0.738. The van der Waals surface area contributed by atoms with Gasteiger partial charge in [0.2, 0.25) is 0 Å². The maximum atomic E-state index is 8.61. The highest BCUT2D eigenvalue weighted by Gasteiger charge is 2.03. The number of hydrogen-bond donors (Lipinski definition) is 0. The highest BCUT2D eigenvalue weighted by atomic mass is 32.2. The highest BCUT2D eigenvalue weighted by molar-refractivity contribution is 8.00. The second kappa shape index (κ2) is 4.13. The molecule has 0 saturated carbocycles. The van der Waals surface area contributed by atoms with Gasteiger partial charge in [0.15, 0.2) is 9.50 Å². The second-order valence-electron chi connectivity index (χ2n) is 2.15. The highest BCUT2D eigenvalue weighted by Crippen LogP contribution is 2.24. The number of hydrogen-bond acceptors (Lipinski definition) is 7. The van der Waals surface area contributed by atoms with E-state index in [-0.39, 0.29) is 0 Å². The third-order valence-electron chi connectivity index (χ3n) is 1.27. The molecule has 0 aliphatic heterocycles. The molecule has 0 N–H and O–H groups in total. The number of aromatic nitrogens is 4. The topological polar surface area (TPSA) is 75.3 Å². The number of rotatable bonds is 2. The molecular weight excluding hydrogens is 218 g/mol. The summed E-state index contributed by atoms with van der Waals surface area (Å²) < 4.78 is 4.61. The predicted octanol–water partition coefficient (Wildman–Crippen LogP) is 1.35. The maximum Gasteiger partial charge on any atom is 0.195 e. The molecule has 0 aliphatic carbocycles. The molecule has 0 aromatic carbocycles. The Morgan fingerprint density at radius 1 is 1.43 bits per heavy atom.